The molecule has 0 bridgehead atoms. The third-order valence-corrected chi connectivity index (χ3v) is 3.72. The Morgan fingerprint density at radius 3 is 2.71 bits per heavy atom. The third kappa shape index (κ3) is 2.27. The van der Waals surface area contributed by atoms with Gasteiger partial charge in [0.25, 0.3) is 0 Å². The van der Waals surface area contributed by atoms with Gasteiger partial charge >= 0.3 is 0 Å². The van der Waals surface area contributed by atoms with E-state index in [1.165, 1.54) is 12.8 Å². The minimum Gasteiger partial charge on any atom is -0.393 e. The van der Waals surface area contributed by atoms with Crippen molar-refractivity contribution >= 4 is 0 Å². The van der Waals surface area contributed by atoms with Crippen molar-refractivity contribution in [1.82, 2.24) is 5.32 Å². The summed E-state index contributed by atoms with van der Waals surface area (Å²) in [7, 11) is 1.78. The van der Waals surface area contributed by atoms with Crippen molar-refractivity contribution in [2.75, 3.05) is 13.7 Å². The number of methoxy groups -OCH3 is 1. The van der Waals surface area contributed by atoms with Crippen LogP contribution in [0, 0.1) is 5.92 Å². The molecule has 2 unspecified atom stereocenters. The molecule has 0 aliphatic heterocycles. The zero-order valence-corrected chi connectivity index (χ0v) is 8.91. The Labute approximate surface area is 85.8 Å². The number of hydrogen-bond donors (Lipinski definition) is 2. The van der Waals surface area contributed by atoms with Gasteiger partial charge in [0.2, 0.25) is 0 Å². The molecule has 2 saturated carbocycles. The predicted molar refractivity (Wildman–Crippen MR) is 55.2 cm³/mol. The van der Waals surface area contributed by atoms with Gasteiger partial charge in [-0.05, 0) is 31.6 Å². The van der Waals surface area contributed by atoms with E-state index in [1.807, 2.05) is 0 Å². The second kappa shape index (κ2) is 4.60. The van der Waals surface area contributed by atoms with Gasteiger partial charge in [-0.2, -0.15) is 0 Å². The molecular formula is C11H21NO2. The molecule has 0 aromatic heterocycles. The molecule has 0 amide bonds. The van der Waals surface area contributed by atoms with Crippen molar-refractivity contribution in [2.45, 2.75) is 50.4 Å². The summed E-state index contributed by atoms with van der Waals surface area (Å²) in [6, 6.07) is 0.632. The van der Waals surface area contributed by atoms with E-state index in [4.69, 9.17) is 4.74 Å². The van der Waals surface area contributed by atoms with Crippen LogP contribution in [0.1, 0.15) is 32.1 Å². The summed E-state index contributed by atoms with van der Waals surface area (Å²) in [4.78, 5) is 0. The Morgan fingerprint density at radius 1 is 1.36 bits per heavy atom. The molecule has 0 aromatic carbocycles. The average Bonchev–Trinajstić information content (AvgIpc) is 2.49. The number of rotatable bonds is 4. The zero-order chi connectivity index (χ0) is 9.97. The monoisotopic (exact) mass is 199 g/mol. The van der Waals surface area contributed by atoms with Crippen molar-refractivity contribution in [3.63, 3.8) is 0 Å². The molecule has 3 nitrogen and oxygen atoms in total. The Balaban J connectivity index is 1.59. The molecule has 2 fully saturated rings. The fraction of sp³-hybridized carbons (Fsp3) is 1.00. The van der Waals surface area contributed by atoms with Crippen LogP contribution in [0.25, 0.3) is 0 Å². The van der Waals surface area contributed by atoms with Crippen molar-refractivity contribution in [2.24, 2.45) is 5.92 Å². The number of nitrogens with one attached hydrogen (secondary N) is 1. The molecule has 2 aliphatic carbocycles. The summed E-state index contributed by atoms with van der Waals surface area (Å²) < 4.78 is 5.22. The SMILES string of the molecule is COC1CC(NCC2CCCC2O)C1. The predicted octanol–water partition coefficient (Wildman–Crippen LogP) is 0.914. The molecule has 82 valence electrons. The number of ether oxygens (including phenoxy) is 1. The van der Waals surface area contributed by atoms with Gasteiger partial charge in [0.15, 0.2) is 0 Å². The highest BCUT2D eigenvalue weighted by Crippen LogP contribution is 2.27. The van der Waals surface area contributed by atoms with Gasteiger partial charge in [0, 0.05) is 19.7 Å². The lowest BCUT2D eigenvalue weighted by atomic mass is 9.88. The highest BCUT2D eigenvalue weighted by Gasteiger charge is 2.31. The van der Waals surface area contributed by atoms with Crippen LogP contribution in [0.3, 0.4) is 0 Å². The first-order chi connectivity index (χ1) is 6.79. The second-order valence-electron chi connectivity index (χ2n) is 4.69. The van der Waals surface area contributed by atoms with E-state index in [2.05, 4.69) is 5.32 Å². The lowest BCUT2D eigenvalue weighted by Crippen LogP contribution is -2.47. The van der Waals surface area contributed by atoms with Gasteiger partial charge < -0.3 is 15.2 Å². The van der Waals surface area contributed by atoms with Crippen LogP contribution in [0.15, 0.2) is 0 Å². The van der Waals surface area contributed by atoms with E-state index in [-0.39, 0.29) is 6.10 Å². The lowest BCUT2D eigenvalue weighted by Gasteiger charge is -2.35. The van der Waals surface area contributed by atoms with E-state index in [0.29, 0.717) is 18.1 Å². The molecule has 0 radical (unpaired) electrons. The first-order valence-electron chi connectivity index (χ1n) is 5.74. The Bertz CT molecular complexity index is 180. The second-order valence-corrected chi connectivity index (χ2v) is 4.69. The highest BCUT2D eigenvalue weighted by molar-refractivity contribution is 4.87. The normalized spacial score (nSPS) is 42.4. The molecule has 0 spiro atoms. The third-order valence-electron chi connectivity index (χ3n) is 3.72. The van der Waals surface area contributed by atoms with E-state index in [9.17, 15) is 5.11 Å². The fourth-order valence-corrected chi connectivity index (χ4v) is 2.50. The van der Waals surface area contributed by atoms with Crippen LogP contribution in [0.4, 0.5) is 0 Å². The Morgan fingerprint density at radius 2 is 2.14 bits per heavy atom. The van der Waals surface area contributed by atoms with Crippen LogP contribution >= 0.6 is 0 Å². The van der Waals surface area contributed by atoms with Crippen molar-refractivity contribution in [3.8, 4) is 0 Å². The quantitative estimate of drug-likeness (QED) is 0.707. The Hall–Kier alpha value is -0.120. The lowest BCUT2D eigenvalue weighted by molar-refractivity contribution is 0.0146. The van der Waals surface area contributed by atoms with Crippen molar-refractivity contribution < 1.29 is 9.84 Å². The standard InChI is InChI=1S/C11H21NO2/c1-14-10-5-9(6-10)12-7-8-3-2-4-11(8)13/h8-13H,2-7H2,1H3. The zero-order valence-electron chi connectivity index (χ0n) is 8.91. The van der Waals surface area contributed by atoms with Gasteiger partial charge in [-0.1, -0.05) is 6.42 Å². The molecule has 2 atom stereocenters. The molecule has 2 rings (SSSR count). The molecule has 14 heavy (non-hydrogen) atoms. The van der Waals surface area contributed by atoms with Gasteiger partial charge in [-0.15, -0.1) is 0 Å². The molecule has 2 aliphatic rings. The Kier molecular flexibility index (Phi) is 3.42. The largest absolute Gasteiger partial charge is 0.393 e. The van der Waals surface area contributed by atoms with E-state index >= 15 is 0 Å². The van der Waals surface area contributed by atoms with Crippen molar-refractivity contribution in [1.29, 1.82) is 0 Å². The first kappa shape index (κ1) is 10.4. The number of aliphatic hydroxyl groups is 1. The molecule has 3 heteroatoms. The fourth-order valence-electron chi connectivity index (χ4n) is 2.50. The molecular weight excluding hydrogens is 178 g/mol. The van der Waals surface area contributed by atoms with E-state index in [0.717, 1.165) is 25.8 Å². The summed E-state index contributed by atoms with van der Waals surface area (Å²) in [5, 5.41) is 13.1. The molecule has 2 N–H and O–H groups in total. The number of hydrogen-bond acceptors (Lipinski definition) is 3. The average molecular weight is 199 g/mol. The maximum Gasteiger partial charge on any atom is 0.0601 e. The topological polar surface area (TPSA) is 41.5 Å². The molecule has 0 aromatic rings. The summed E-state index contributed by atoms with van der Waals surface area (Å²) in [6.45, 7) is 0.988. The summed E-state index contributed by atoms with van der Waals surface area (Å²) in [5.41, 5.74) is 0. The molecule has 0 heterocycles. The summed E-state index contributed by atoms with van der Waals surface area (Å²) in [5.74, 6) is 0.497. The van der Waals surface area contributed by atoms with Gasteiger partial charge in [0.1, 0.15) is 0 Å². The first-order valence-corrected chi connectivity index (χ1v) is 5.74. The maximum absolute atomic E-state index is 9.63. The van der Waals surface area contributed by atoms with Crippen LogP contribution < -0.4 is 5.32 Å². The van der Waals surface area contributed by atoms with Crippen LogP contribution in [-0.2, 0) is 4.74 Å². The van der Waals surface area contributed by atoms with Gasteiger partial charge in [-0.3, -0.25) is 0 Å². The van der Waals surface area contributed by atoms with Crippen LogP contribution in [-0.4, -0.2) is 37.0 Å². The maximum atomic E-state index is 9.63. The van der Waals surface area contributed by atoms with Gasteiger partial charge in [-0.25, -0.2) is 0 Å². The van der Waals surface area contributed by atoms with E-state index in [1.54, 1.807) is 7.11 Å². The van der Waals surface area contributed by atoms with E-state index < -0.39 is 0 Å². The van der Waals surface area contributed by atoms with Crippen molar-refractivity contribution in [3.05, 3.63) is 0 Å². The summed E-state index contributed by atoms with van der Waals surface area (Å²) >= 11 is 0. The molecule has 0 saturated heterocycles. The minimum atomic E-state index is -0.0548. The minimum absolute atomic E-state index is 0.0548. The highest BCUT2D eigenvalue weighted by atomic mass is 16.5. The van der Waals surface area contributed by atoms with Crippen LogP contribution in [0.2, 0.25) is 0 Å². The van der Waals surface area contributed by atoms with Gasteiger partial charge in [0.05, 0.1) is 12.2 Å². The smallest absolute Gasteiger partial charge is 0.0601 e. The summed E-state index contributed by atoms with van der Waals surface area (Å²) in [6.07, 6.45) is 6.07. The van der Waals surface area contributed by atoms with Crippen LogP contribution in [0.5, 0.6) is 0 Å². The number of aliphatic hydroxyl groups excluding tert-OH is 1.